The predicted molar refractivity (Wildman–Crippen MR) is 114 cm³/mol. The summed E-state index contributed by atoms with van der Waals surface area (Å²) < 4.78 is 15.4. The molecule has 1 aliphatic carbocycles. The van der Waals surface area contributed by atoms with Gasteiger partial charge in [-0.1, -0.05) is 12.1 Å². The van der Waals surface area contributed by atoms with Crippen LogP contribution in [-0.2, 0) is 19.1 Å². The normalized spacial score (nSPS) is 24.6. The fourth-order valence-electron chi connectivity index (χ4n) is 3.99. The van der Waals surface area contributed by atoms with Gasteiger partial charge in [0, 0.05) is 11.1 Å². The number of aromatic carboxylic acids is 1. The number of carboxylic acid groups (broad SMARTS) is 2. The van der Waals surface area contributed by atoms with E-state index in [1.165, 1.54) is 18.2 Å². The van der Waals surface area contributed by atoms with Crippen LogP contribution in [0.3, 0.4) is 0 Å². The molecule has 2 aliphatic rings. The second-order valence-corrected chi connectivity index (χ2v) is 8.10. The van der Waals surface area contributed by atoms with Crippen LogP contribution in [0.1, 0.15) is 42.2 Å². The second-order valence-electron chi connectivity index (χ2n) is 8.10. The van der Waals surface area contributed by atoms with Crippen LogP contribution >= 0.6 is 0 Å². The Balaban J connectivity index is 1.66. The van der Waals surface area contributed by atoms with Gasteiger partial charge in [-0.3, -0.25) is 9.59 Å². The van der Waals surface area contributed by atoms with Crippen molar-refractivity contribution in [3.05, 3.63) is 58.1 Å². The van der Waals surface area contributed by atoms with Crippen LogP contribution < -0.4 is 4.74 Å². The van der Waals surface area contributed by atoms with E-state index in [2.05, 4.69) is 4.74 Å². The Hall–Kier alpha value is -4.37. The summed E-state index contributed by atoms with van der Waals surface area (Å²) in [6.45, 7) is -0.840. The van der Waals surface area contributed by atoms with E-state index >= 15 is 0 Å². The number of carboxylic acids is 2. The lowest BCUT2D eigenvalue weighted by Gasteiger charge is -2.40. The number of aliphatic hydroxyl groups is 3. The Labute approximate surface area is 205 Å². The minimum Gasteiger partial charge on any atom is -0.507 e. The molecule has 2 aromatic carbocycles. The van der Waals surface area contributed by atoms with Crippen LogP contribution in [0.2, 0.25) is 0 Å². The van der Waals surface area contributed by atoms with E-state index in [4.69, 9.17) is 14.6 Å². The number of carbonyl (C=O) groups excluding carboxylic acids is 3. The molecule has 4 rings (SSSR count). The summed E-state index contributed by atoms with van der Waals surface area (Å²) in [6, 6.07) is 5.52. The van der Waals surface area contributed by atoms with Crippen LogP contribution in [0.4, 0.5) is 0 Å². The molecule has 1 heterocycles. The van der Waals surface area contributed by atoms with E-state index < -0.39 is 83.7 Å². The number of phenolic OH excluding ortho intramolecular Hbond substituents is 1. The van der Waals surface area contributed by atoms with Crippen molar-refractivity contribution in [1.29, 1.82) is 0 Å². The SMILES string of the molecule is O=C(O)C(=O)OCC1OC(Oc2cccc3c2C(=O)c2c(O)cc(C(=O)O)cc2C3=O)C(O)C(O)C1O. The number of esters is 1. The zero-order valence-corrected chi connectivity index (χ0v) is 18.4. The summed E-state index contributed by atoms with van der Waals surface area (Å²) in [5, 5.41) is 58.8. The molecule has 194 valence electrons. The van der Waals surface area contributed by atoms with Crippen molar-refractivity contribution in [2.24, 2.45) is 0 Å². The molecule has 0 spiro atoms. The lowest BCUT2D eigenvalue weighted by molar-refractivity contribution is -0.278. The number of fused-ring (bicyclic) bond motifs is 2. The van der Waals surface area contributed by atoms with Gasteiger partial charge in [-0.2, -0.15) is 0 Å². The van der Waals surface area contributed by atoms with E-state index in [0.29, 0.717) is 0 Å². The van der Waals surface area contributed by atoms with Crippen LogP contribution in [0.25, 0.3) is 0 Å². The topological polar surface area (TPSA) is 234 Å². The van der Waals surface area contributed by atoms with Gasteiger partial charge in [-0.05, 0) is 18.2 Å². The molecule has 5 unspecified atom stereocenters. The molecule has 2 aromatic rings. The van der Waals surface area contributed by atoms with Crippen molar-refractivity contribution in [1.82, 2.24) is 0 Å². The summed E-state index contributed by atoms with van der Waals surface area (Å²) in [5.41, 5.74) is -1.81. The lowest BCUT2D eigenvalue weighted by atomic mass is 9.82. The molecule has 14 heteroatoms. The third-order valence-electron chi connectivity index (χ3n) is 5.80. The van der Waals surface area contributed by atoms with Crippen molar-refractivity contribution in [2.75, 3.05) is 6.61 Å². The first kappa shape index (κ1) is 25.7. The average molecular weight is 518 g/mol. The van der Waals surface area contributed by atoms with Gasteiger partial charge in [0.2, 0.25) is 12.1 Å². The minimum absolute atomic E-state index is 0.213. The number of carbonyl (C=O) groups is 5. The standard InChI is InChI=1S/C23H18O14/c24-10-5-7(20(30)31)4-9-13(10)17(27)14-8(15(9)25)2-1-3-11(14)36-23-19(29)18(28)16(26)12(37-23)6-35-22(34)21(32)33/h1-5,12,16,18-19,23-24,26,28-29H,6H2,(H,30,31)(H,32,33). The maximum atomic E-state index is 13.3. The first-order valence-corrected chi connectivity index (χ1v) is 10.5. The summed E-state index contributed by atoms with van der Waals surface area (Å²) in [6.07, 6.45) is -9.00. The van der Waals surface area contributed by atoms with E-state index in [9.17, 15) is 49.5 Å². The van der Waals surface area contributed by atoms with Gasteiger partial charge in [-0.25, -0.2) is 14.4 Å². The zero-order valence-electron chi connectivity index (χ0n) is 18.4. The number of aliphatic carboxylic acids is 1. The van der Waals surface area contributed by atoms with Crippen molar-refractivity contribution < 1.29 is 68.8 Å². The van der Waals surface area contributed by atoms with Crippen LogP contribution in [0, 0.1) is 0 Å². The minimum atomic E-state index is -1.92. The monoisotopic (exact) mass is 518 g/mol. The number of hydrogen-bond donors (Lipinski definition) is 6. The van der Waals surface area contributed by atoms with Crippen LogP contribution in [-0.4, -0.2) is 97.4 Å². The molecular formula is C23H18O14. The van der Waals surface area contributed by atoms with Gasteiger partial charge in [0.25, 0.3) is 0 Å². The molecule has 0 saturated carbocycles. The molecule has 5 atom stereocenters. The zero-order chi connectivity index (χ0) is 27.2. The number of benzene rings is 2. The smallest absolute Gasteiger partial charge is 0.417 e. The van der Waals surface area contributed by atoms with Gasteiger partial charge < -0.3 is 44.8 Å². The van der Waals surface area contributed by atoms with Crippen molar-refractivity contribution in [3.8, 4) is 11.5 Å². The Morgan fingerprint density at radius 2 is 1.59 bits per heavy atom. The van der Waals surface area contributed by atoms with Gasteiger partial charge in [0.1, 0.15) is 42.5 Å². The molecule has 0 radical (unpaired) electrons. The highest BCUT2D eigenvalue weighted by molar-refractivity contribution is 6.30. The first-order chi connectivity index (χ1) is 17.4. The number of hydrogen-bond acceptors (Lipinski definition) is 12. The van der Waals surface area contributed by atoms with E-state index in [0.717, 1.165) is 12.1 Å². The Kier molecular flexibility index (Phi) is 6.66. The number of phenols is 1. The highest BCUT2D eigenvalue weighted by Crippen LogP contribution is 2.38. The van der Waals surface area contributed by atoms with E-state index in [-0.39, 0.29) is 22.4 Å². The van der Waals surface area contributed by atoms with Gasteiger partial charge >= 0.3 is 17.9 Å². The Bertz CT molecular complexity index is 1330. The van der Waals surface area contributed by atoms with Gasteiger partial charge in [-0.15, -0.1) is 0 Å². The molecule has 1 saturated heterocycles. The van der Waals surface area contributed by atoms with E-state index in [1.807, 2.05) is 0 Å². The molecule has 37 heavy (non-hydrogen) atoms. The third kappa shape index (κ3) is 4.49. The molecule has 0 aromatic heterocycles. The van der Waals surface area contributed by atoms with Gasteiger partial charge in [0.05, 0.1) is 16.7 Å². The lowest BCUT2D eigenvalue weighted by Crippen LogP contribution is -2.60. The summed E-state index contributed by atoms with van der Waals surface area (Å²) in [4.78, 5) is 59.5. The summed E-state index contributed by atoms with van der Waals surface area (Å²) >= 11 is 0. The maximum absolute atomic E-state index is 13.3. The highest BCUT2D eigenvalue weighted by atomic mass is 16.7. The van der Waals surface area contributed by atoms with Crippen molar-refractivity contribution in [3.63, 3.8) is 0 Å². The molecular weight excluding hydrogens is 500 g/mol. The molecule has 1 fully saturated rings. The number of rotatable bonds is 5. The fourth-order valence-corrected chi connectivity index (χ4v) is 3.99. The number of ether oxygens (including phenoxy) is 3. The van der Waals surface area contributed by atoms with Gasteiger partial charge in [0.15, 0.2) is 5.78 Å². The highest BCUT2D eigenvalue weighted by Gasteiger charge is 2.46. The molecule has 14 nitrogen and oxygen atoms in total. The largest absolute Gasteiger partial charge is 0.507 e. The van der Waals surface area contributed by atoms with Crippen LogP contribution in [0.5, 0.6) is 11.5 Å². The fraction of sp³-hybridized carbons (Fsp3) is 0.261. The molecule has 0 bridgehead atoms. The Morgan fingerprint density at radius 1 is 0.892 bits per heavy atom. The first-order valence-electron chi connectivity index (χ1n) is 10.5. The maximum Gasteiger partial charge on any atom is 0.417 e. The summed E-state index contributed by atoms with van der Waals surface area (Å²) in [7, 11) is 0. The van der Waals surface area contributed by atoms with Crippen LogP contribution in [0.15, 0.2) is 30.3 Å². The molecule has 0 amide bonds. The van der Waals surface area contributed by atoms with Crippen molar-refractivity contribution >= 4 is 29.5 Å². The quantitative estimate of drug-likeness (QED) is 0.170. The molecule has 6 N–H and O–H groups in total. The number of aromatic hydroxyl groups is 1. The van der Waals surface area contributed by atoms with E-state index in [1.54, 1.807) is 0 Å². The summed E-state index contributed by atoms with van der Waals surface area (Å²) in [5.74, 6) is -7.83. The predicted octanol–water partition coefficient (Wildman–Crippen LogP) is -1.32. The number of aliphatic hydroxyl groups excluding tert-OH is 3. The third-order valence-corrected chi connectivity index (χ3v) is 5.80. The Morgan fingerprint density at radius 3 is 2.24 bits per heavy atom. The average Bonchev–Trinajstić information content (AvgIpc) is 2.85. The van der Waals surface area contributed by atoms with Crippen molar-refractivity contribution in [2.45, 2.75) is 30.7 Å². The number of ketones is 2. The second kappa shape index (κ2) is 9.59. The molecule has 1 aliphatic heterocycles.